The number of aromatic nitrogens is 2. The summed E-state index contributed by atoms with van der Waals surface area (Å²) in [7, 11) is 0. The molecule has 1 atom stereocenters. The smallest absolute Gasteiger partial charge is 0.138 e. The highest BCUT2D eigenvalue weighted by molar-refractivity contribution is 7.98. The molecule has 1 heterocycles. The molecule has 0 amide bonds. The van der Waals surface area contributed by atoms with Crippen molar-refractivity contribution < 1.29 is 0 Å². The summed E-state index contributed by atoms with van der Waals surface area (Å²) in [6.45, 7) is 11.1. The number of thioether (sulfide) groups is 1. The van der Waals surface area contributed by atoms with Gasteiger partial charge in [-0.25, -0.2) is 9.97 Å². The van der Waals surface area contributed by atoms with Crippen molar-refractivity contribution in [3.63, 3.8) is 0 Å². The fraction of sp³-hybridized carbons (Fsp3) is 0.765. The van der Waals surface area contributed by atoms with E-state index in [4.69, 9.17) is 9.97 Å². The Bertz CT molecular complexity index is 460. The number of hydrogen-bond acceptors (Lipinski definition) is 4. The van der Waals surface area contributed by atoms with Crippen LogP contribution in [0.2, 0.25) is 0 Å². The maximum Gasteiger partial charge on any atom is 0.138 e. The fourth-order valence-corrected chi connectivity index (χ4v) is 3.45. The van der Waals surface area contributed by atoms with Crippen LogP contribution in [0.5, 0.6) is 0 Å². The average molecular weight is 308 g/mol. The molecule has 1 unspecified atom stereocenters. The van der Waals surface area contributed by atoms with Gasteiger partial charge in [0.05, 0.1) is 5.75 Å². The van der Waals surface area contributed by atoms with E-state index in [9.17, 15) is 0 Å². The first kappa shape index (κ1) is 16.8. The Morgan fingerprint density at radius 3 is 2.86 bits per heavy atom. The summed E-state index contributed by atoms with van der Waals surface area (Å²) in [4.78, 5) is 9.52. The van der Waals surface area contributed by atoms with Gasteiger partial charge in [0.1, 0.15) is 5.82 Å². The predicted octanol–water partition coefficient (Wildman–Crippen LogP) is 3.39. The molecule has 1 aliphatic rings. The summed E-state index contributed by atoms with van der Waals surface area (Å²) in [5.74, 6) is 4.57. The van der Waals surface area contributed by atoms with E-state index in [2.05, 4.69) is 33.0 Å². The first-order valence-corrected chi connectivity index (χ1v) is 9.39. The highest BCUT2D eigenvalue weighted by Crippen LogP contribution is 2.26. The Kier molecular flexibility index (Phi) is 6.49. The second-order valence-corrected chi connectivity index (χ2v) is 7.72. The van der Waals surface area contributed by atoms with E-state index in [0.717, 1.165) is 55.1 Å². The first-order chi connectivity index (χ1) is 10.1. The van der Waals surface area contributed by atoms with Crippen LogP contribution in [0.25, 0.3) is 0 Å². The second kappa shape index (κ2) is 8.14. The Morgan fingerprint density at radius 2 is 2.14 bits per heavy atom. The molecule has 0 aromatic carbocycles. The molecule has 1 aromatic rings. The summed E-state index contributed by atoms with van der Waals surface area (Å²) in [5.41, 5.74) is 3.94. The summed E-state index contributed by atoms with van der Waals surface area (Å²) < 4.78 is 0. The van der Waals surface area contributed by atoms with Crippen molar-refractivity contribution in [1.29, 1.82) is 0 Å². The van der Waals surface area contributed by atoms with E-state index in [-0.39, 0.29) is 0 Å². The third-order valence-electron chi connectivity index (χ3n) is 4.05. The van der Waals surface area contributed by atoms with Crippen molar-refractivity contribution in [3.8, 4) is 0 Å². The lowest BCUT2D eigenvalue weighted by Gasteiger charge is -2.26. The molecule has 0 spiro atoms. The summed E-state index contributed by atoms with van der Waals surface area (Å²) in [6, 6.07) is 0. The van der Waals surface area contributed by atoms with Gasteiger partial charge in [0.2, 0.25) is 0 Å². The van der Waals surface area contributed by atoms with Crippen LogP contribution in [-0.2, 0) is 18.6 Å². The number of fused-ring (bicyclic) bond motifs is 1. The van der Waals surface area contributed by atoms with Gasteiger partial charge in [0.15, 0.2) is 0 Å². The molecule has 1 aromatic heterocycles. The molecular weight excluding hydrogens is 278 g/mol. The van der Waals surface area contributed by atoms with E-state index in [1.54, 1.807) is 0 Å². The maximum atomic E-state index is 4.80. The minimum absolute atomic E-state index is 0.726. The van der Waals surface area contributed by atoms with Crippen LogP contribution < -0.4 is 5.32 Å². The Hall–Kier alpha value is -0.610. The van der Waals surface area contributed by atoms with Crippen LogP contribution in [0, 0.1) is 18.8 Å². The lowest BCUT2D eigenvalue weighted by molar-refractivity contribution is 0.404. The van der Waals surface area contributed by atoms with Crippen LogP contribution in [-0.4, -0.2) is 28.8 Å². The van der Waals surface area contributed by atoms with Crippen LogP contribution in [0.4, 0.5) is 0 Å². The van der Waals surface area contributed by atoms with Gasteiger partial charge in [-0.2, -0.15) is 11.8 Å². The predicted molar refractivity (Wildman–Crippen MR) is 91.8 cm³/mol. The normalized spacial score (nSPS) is 18.0. The third kappa shape index (κ3) is 4.96. The Morgan fingerprint density at radius 1 is 1.33 bits per heavy atom. The van der Waals surface area contributed by atoms with Crippen molar-refractivity contribution >= 4 is 11.8 Å². The molecule has 1 aliphatic carbocycles. The Balaban J connectivity index is 1.97. The SMILES string of the molecule is CCSCc1nc(C)c2c(n1)CCC(CNCC(C)C)C2. The van der Waals surface area contributed by atoms with Gasteiger partial charge < -0.3 is 5.32 Å². The van der Waals surface area contributed by atoms with Crippen molar-refractivity contribution in [3.05, 3.63) is 22.8 Å². The van der Waals surface area contributed by atoms with Crippen LogP contribution in [0.3, 0.4) is 0 Å². The zero-order valence-corrected chi connectivity index (χ0v) is 14.7. The molecule has 0 bridgehead atoms. The lowest BCUT2D eigenvalue weighted by atomic mass is 9.85. The van der Waals surface area contributed by atoms with Gasteiger partial charge in [0.25, 0.3) is 0 Å². The second-order valence-electron chi connectivity index (χ2n) is 6.45. The van der Waals surface area contributed by atoms with E-state index in [1.807, 2.05) is 11.8 Å². The zero-order valence-electron chi connectivity index (χ0n) is 13.9. The van der Waals surface area contributed by atoms with E-state index in [1.165, 1.54) is 23.4 Å². The van der Waals surface area contributed by atoms with Gasteiger partial charge in [-0.1, -0.05) is 20.8 Å². The van der Waals surface area contributed by atoms with Crippen molar-refractivity contribution in [2.45, 2.75) is 52.7 Å². The Labute approximate surface area is 133 Å². The van der Waals surface area contributed by atoms with Crippen LogP contribution >= 0.6 is 11.8 Å². The molecule has 0 radical (unpaired) electrons. The highest BCUT2D eigenvalue weighted by Gasteiger charge is 2.22. The molecule has 21 heavy (non-hydrogen) atoms. The summed E-state index contributed by atoms with van der Waals surface area (Å²) in [6.07, 6.45) is 3.53. The van der Waals surface area contributed by atoms with Crippen LogP contribution in [0.1, 0.15) is 50.0 Å². The van der Waals surface area contributed by atoms with Gasteiger partial charge in [-0.05, 0) is 62.4 Å². The fourth-order valence-electron chi connectivity index (χ4n) is 2.93. The molecule has 2 rings (SSSR count). The van der Waals surface area contributed by atoms with E-state index >= 15 is 0 Å². The first-order valence-electron chi connectivity index (χ1n) is 8.23. The van der Waals surface area contributed by atoms with Crippen molar-refractivity contribution in [2.24, 2.45) is 11.8 Å². The van der Waals surface area contributed by atoms with E-state index in [0.29, 0.717) is 0 Å². The van der Waals surface area contributed by atoms with Gasteiger partial charge in [-0.15, -0.1) is 0 Å². The number of nitrogens with one attached hydrogen (secondary N) is 1. The largest absolute Gasteiger partial charge is 0.316 e. The van der Waals surface area contributed by atoms with Crippen LogP contribution in [0.15, 0.2) is 0 Å². The lowest BCUT2D eigenvalue weighted by Crippen LogP contribution is -2.30. The number of hydrogen-bond donors (Lipinski definition) is 1. The van der Waals surface area contributed by atoms with E-state index < -0.39 is 0 Å². The molecule has 0 saturated heterocycles. The number of nitrogens with zero attached hydrogens (tertiary/aromatic N) is 2. The van der Waals surface area contributed by atoms with Crippen molar-refractivity contribution in [1.82, 2.24) is 15.3 Å². The number of aryl methyl sites for hydroxylation is 2. The molecule has 4 heteroatoms. The molecule has 0 aliphatic heterocycles. The molecule has 118 valence electrons. The van der Waals surface area contributed by atoms with Gasteiger partial charge >= 0.3 is 0 Å². The molecule has 3 nitrogen and oxygen atoms in total. The topological polar surface area (TPSA) is 37.8 Å². The van der Waals surface area contributed by atoms with Crippen molar-refractivity contribution in [2.75, 3.05) is 18.8 Å². The average Bonchev–Trinajstić information content (AvgIpc) is 2.45. The molecule has 0 saturated carbocycles. The highest BCUT2D eigenvalue weighted by atomic mass is 32.2. The molecular formula is C17H29N3S. The third-order valence-corrected chi connectivity index (χ3v) is 4.92. The number of rotatable bonds is 7. The standard InChI is InChI=1S/C17H29N3S/c1-5-21-11-17-19-13(4)15-8-14(6-7-16(15)20-17)10-18-9-12(2)3/h12,14,18H,5-11H2,1-4H3. The molecule has 0 fully saturated rings. The monoisotopic (exact) mass is 307 g/mol. The maximum absolute atomic E-state index is 4.80. The van der Waals surface area contributed by atoms with Gasteiger partial charge in [0, 0.05) is 11.4 Å². The zero-order chi connectivity index (χ0) is 15.2. The quantitative estimate of drug-likeness (QED) is 0.838. The van der Waals surface area contributed by atoms with Gasteiger partial charge in [-0.3, -0.25) is 0 Å². The minimum Gasteiger partial charge on any atom is -0.316 e. The summed E-state index contributed by atoms with van der Waals surface area (Å²) >= 11 is 1.90. The summed E-state index contributed by atoms with van der Waals surface area (Å²) in [5, 5.41) is 3.60. The minimum atomic E-state index is 0.726. The molecule has 1 N–H and O–H groups in total.